The molecule has 0 amide bonds. The van der Waals surface area contributed by atoms with Gasteiger partial charge in [0.05, 0.1) is 0 Å². The van der Waals surface area contributed by atoms with E-state index < -0.39 is 5.26 Å². The predicted molar refractivity (Wildman–Crippen MR) is 80.9 cm³/mol. The summed E-state index contributed by atoms with van der Waals surface area (Å²) in [6.07, 6.45) is 4.71. The van der Waals surface area contributed by atoms with E-state index in [1.807, 2.05) is 0 Å². The molecule has 1 aliphatic carbocycles. The van der Waals surface area contributed by atoms with Gasteiger partial charge in [-0.15, -0.1) is 0 Å². The summed E-state index contributed by atoms with van der Waals surface area (Å²) in [7, 11) is 0. The average Bonchev–Trinajstić information content (AvgIpc) is 3.03. The Hall–Kier alpha value is -0.430. The molecule has 3 N–H and O–H groups in total. The Morgan fingerprint density at radius 1 is 1.45 bits per heavy atom. The number of fused-ring (bicyclic) bond motifs is 2. The van der Waals surface area contributed by atoms with E-state index in [-0.39, 0.29) is 0 Å². The Balaban J connectivity index is 1.34. The number of nitrogens with one attached hydrogen (secondary N) is 1. The molecule has 2 fully saturated rings. The van der Waals surface area contributed by atoms with Crippen LogP contribution in [0, 0.1) is 11.2 Å². The number of thiazole rings is 1. The molecule has 1 aromatic heterocycles. The Morgan fingerprint density at radius 3 is 2.90 bits per heavy atom. The molecule has 2 bridgehead atoms. The van der Waals surface area contributed by atoms with Gasteiger partial charge in [0.25, 0.3) is 5.26 Å². The Kier molecular flexibility index (Phi) is 4.45. The van der Waals surface area contributed by atoms with Crippen molar-refractivity contribution in [3.8, 4) is 0 Å². The molecule has 3 atom stereocenters. The van der Waals surface area contributed by atoms with Gasteiger partial charge < -0.3 is 11.1 Å². The van der Waals surface area contributed by atoms with Crippen molar-refractivity contribution in [2.75, 3.05) is 25.0 Å². The monoisotopic (exact) mass is 318 g/mol. The highest BCUT2D eigenvalue weighted by Crippen LogP contribution is 2.36. The second kappa shape index (κ2) is 6.13. The summed E-state index contributed by atoms with van der Waals surface area (Å²) in [6, 6.07) is 1.000. The third kappa shape index (κ3) is 2.93. The van der Waals surface area contributed by atoms with Gasteiger partial charge in [-0.3, -0.25) is 4.90 Å². The lowest BCUT2D eigenvalue weighted by Crippen LogP contribution is -2.38. The number of rotatable bonds is 6. The van der Waals surface area contributed by atoms with E-state index in [4.69, 9.17) is 17.3 Å². The number of nitrogens with two attached hydrogens (primary N) is 1. The molecule has 0 spiro atoms. The topological polar surface area (TPSA) is 54.2 Å². The van der Waals surface area contributed by atoms with Crippen molar-refractivity contribution in [3.63, 3.8) is 0 Å². The first-order valence-electron chi connectivity index (χ1n) is 7.20. The highest BCUT2D eigenvalue weighted by molar-refractivity contribution is 7.15. The number of anilines is 1. The SMILES string of the molecule is N[C@H]1[C@@H]2CC[C@H]1N(CCCCNc1nc(F)sc1Cl)C2. The number of hydrogen-bond donors (Lipinski definition) is 2. The molecule has 0 aromatic carbocycles. The van der Waals surface area contributed by atoms with Crippen molar-refractivity contribution < 1.29 is 4.39 Å². The van der Waals surface area contributed by atoms with Crippen LogP contribution in [0.4, 0.5) is 10.2 Å². The lowest BCUT2D eigenvalue weighted by molar-refractivity contribution is 0.208. The maximum atomic E-state index is 12.9. The minimum atomic E-state index is -0.487. The molecule has 0 radical (unpaired) electrons. The number of piperidine rings is 1. The zero-order valence-electron chi connectivity index (χ0n) is 11.3. The summed E-state index contributed by atoms with van der Waals surface area (Å²) in [5.41, 5.74) is 6.19. The second-order valence-electron chi connectivity index (χ2n) is 5.70. The summed E-state index contributed by atoms with van der Waals surface area (Å²) in [4.78, 5) is 6.24. The fourth-order valence-corrected chi connectivity index (χ4v) is 4.25. The standard InChI is InChI=1S/C13H20ClFN4S/c14-11-12(18-13(15)20-11)17-5-1-2-6-19-7-8-3-4-9(19)10(8)16/h8-10,17H,1-7,16H2/t8-,9-,10+/m1/s1. The maximum absolute atomic E-state index is 12.9. The molecule has 1 saturated carbocycles. The highest BCUT2D eigenvalue weighted by Gasteiger charge is 2.44. The van der Waals surface area contributed by atoms with Crippen molar-refractivity contribution >= 4 is 28.8 Å². The quantitative estimate of drug-likeness (QED) is 0.792. The smallest absolute Gasteiger partial charge is 0.272 e. The van der Waals surface area contributed by atoms with Crippen LogP contribution in [0.25, 0.3) is 0 Å². The van der Waals surface area contributed by atoms with Crippen LogP contribution in [0.15, 0.2) is 0 Å². The molecular formula is C13H20ClFN4S. The Morgan fingerprint density at radius 2 is 2.30 bits per heavy atom. The first-order chi connectivity index (χ1) is 9.65. The normalized spacial score (nSPS) is 29.2. The number of halogens is 2. The summed E-state index contributed by atoms with van der Waals surface area (Å²) < 4.78 is 13.2. The molecule has 3 rings (SSSR count). The van der Waals surface area contributed by atoms with Crippen LogP contribution in [-0.2, 0) is 0 Å². The minimum Gasteiger partial charge on any atom is -0.368 e. The summed E-state index contributed by atoms with van der Waals surface area (Å²) in [6.45, 7) is 3.05. The number of aromatic nitrogens is 1. The summed E-state index contributed by atoms with van der Waals surface area (Å²) >= 11 is 6.72. The number of nitrogens with zero attached hydrogens (tertiary/aromatic N) is 2. The zero-order chi connectivity index (χ0) is 14.1. The zero-order valence-corrected chi connectivity index (χ0v) is 12.9. The van der Waals surface area contributed by atoms with Crippen molar-refractivity contribution in [2.24, 2.45) is 11.7 Å². The fraction of sp³-hybridized carbons (Fsp3) is 0.769. The van der Waals surface area contributed by atoms with Crippen LogP contribution >= 0.6 is 22.9 Å². The van der Waals surface area contributed by atoms with E-state index in [0.717, 1.165) is 43.2 Å². The van der Waals surface area contributed by atoms with Gasteiger partial charge in [0.15, 0.2) is 5.82 Å². The van der Waals surface area contributed by atoms with Crippen LogP contribution in [0.1, 0.15) is 25.7 Å². The molecule has 1 saturated heterocycles. The molecular weight excluding hydrogens is 299 g/mol. The van der Waals surface area contributed by atoms with E-state index in [0.29, 0.717) is 22.2 Å². The van der Waals surface area contributed by atoms with Crippen LogP contribution in [0.2, 0.25) is 4.34 Å². The molecule has 20 heavy (non-hydrogen) atoms. The molecule has 0 unspecified atom stereocenters. The van der Waals surface area contributed by atoms with Crippen molar-refractivity contribution in [2.45, 2.75) is 37.8 Å². The van der Waals surface area contributed by atoms with Crippen LogP contribution < -0.4 is 11.1 Å². The molecule has 7 heteroatoms. The molecule has 1 aliphatic heterocycles. The molecule has 2 heterocycles. The van der Waals surface area contributed by atoms with Crippen molar-refractivity contribution in [3.05, 3.63) is 9.60 Å². The van der Waals surface area contributed by atoms with Crippen LogP contribution in [0.3, 0.4) is 0 Å². The third-order valence-corrected chi connectivity index (χ3v) is 5.53. The van der Waals surface area contributed by atoms with Crippen LogP contribution in [-0.4, -0.2) is 41.6 Å². The van der Waals surface area contributed by atoms with Gasteiger partial charge in [0.2, 0.25) is 0 Å². The molecule has 112 valence electrons. The minimum absolute atomic E-state index is 0.393. The van der Waals surface area contributed by atoms with E-state index in [1.54, 1.807) is 0 Å². The first-order valence-corrected chi connectivity index (χ1v) is 8.40. The third-order valence-electron chi connectivity index (χ3n) is 4.48. The van der Waals surface area contributed by atoms with Gasteiger partial charge in [0, 0.05) is 25.2 Å². The molecule has 4 nitrogen and oxygen atoms in total. The molecule has 2 aliphatic rings. The lowest BCUT2D eigenvalue weighted by atomic mass is 10.1. The van der Waals surface area contributed by atoms with Gasteiger partial charge in [-0.1, -0.05) is 22.9 Å². The lowest BCUT2D eigenvalue weighted by Gasteiger charge is -2.26. The van der Waals surface area contributed by atoms with E-state index in [1.165, 1.54) is 19.4 Å². The second-order valence-corrected chi connectivity index (χ2v) is 7.25. The first kappa shape index (κ1) is 14.5. The summed E-state index contributed by atoms with van der Waals surface area (Å²) in [5.74, 6) is 1.19. The Bertz CT molecular complexity index is 469. The van der Waals surface area contributed by atoms with Crippen LogP contribution in [0.5, 0.6) is 0 Å². The van der Waals surface area contributed by atoms with Gasteiger partial charge in [-0.2, -0.15) is 9.37 Å². The van der Waals surface area contributed by atoms with Crippen molar-refractivity contribution in [1.29, 1.82) is 0 Å². The van der Waals surface area contributed by atoms with Gasteiger partial charge in [-0.05, 0) is 38.1 Å². The highest BCUT2D eigenvalue weighted by atomic mass is 35.5. The summed E-state index contributed by atoms with van der Waals surface area (Å²) in [5, 5.41) is 2.60. The Labute approximate surface area is 127 Å². The van der Waals surface area contributed by atoms with Gasteiger partial charge in [0.1, 0.15) is 4.34 Å². The van der Waals surface area contributed by atoms with E-state index in [9.17, 15) is 4.39 Å². The van der Waals surface area contributed by atoms with Crippen molar-refractivity contribution in [1.82, 2.24) is 9.88 Å². The maximum Gasteiger partial charge on any atom is 0.272 e. The van der Waals surface area contributed by atoms with Gasteiger partial charge in [-0.25, -0.2) is 0 Å². The number of likely N-dealkylation sites (tertiary alicyclic amines) is 1. The average molecular weight is 319 g/mol. The van der Waals surface area contributed by atoms with E-state index >= 15 is 0 Å². The van der Waals surface area contributed by atoms with Gasteiger partial charge >= 0.3 is 0 Å². The predicted octanol–water partition coefficient (Wildman–Crippen LogP) is 2.55. The fourth-order valence-electron chi connectivity index (χ4n) is 3.45. The number of hydrogen-bond acceptors (Lipinski definition) is 5. The molecule has 1 aromatic rings. The number of unbranched alkanes of at least 4 members (excludes halogenated alkanes) is 1. The largest absolute Gasteiger partial charge is 0.368 e. The van der Waals surface area contributed by atoms with E-state index in [2.05, 4.69) is 15.2 Å².